The molecule has 2 heterocycles. The Hall–Kier alpha value is -2.37. The number of aromatic carboxylic acids is 1. The molecule has 0 aliphatic rings. The van der Waals surface area contributed by atoms with Gasteiger partial charge in [-0.25, -0.2) is 14.5 Å². The van der Waals surface area contributed by atoms with Crippen LogP contribution in [0.25, 0.3) is 11.0 Å². The number of hydrogen-bond acceptors (Lipinski definition) is 4. The van der Waals surface area contributed by atoms with Crippen molar-refractivity contribution in [2.24, 2.45) is 0 Å². The van der Waals surface area contributed by atoms with E-state index < -0.39 is 5.97 Å². The van der Waals surface area contributed by atoms with Crippen molar-refractivity contribution in [1.82, 2.24) is 14.8 Å². The van der Waals surface area contributed by atoms with Crippen LogP contribution in [0.1, 0.15) is 23.0 Å². The zero-order chi connectivity index (χ0) is 14.0. The number of hydrogen-bond donors (Lipinski definition) is 1. The molecule has 2 rings (SSSR count). The average Bonchev–Trinajstić information content (AvgIpc) is 2.73. The normalized spacial score (nSPS) is 10.6. The lowest BCUT2D eigenvalue weighted by atomic mass is 10.1. The summed E-state index contributed by atoms with van der Waals surface area (Å²) >= 11 is 0. The van der Waals surface area contributed by atoms with Gasteiger partial charge in [-0.2, -0.15) is 5.10 Å². The molecule has 0 saturated carbocycles. The van der Waals surface area contributed by atoms with Crippen LogP contribution < -0.4 is 4.74 Å². The molecule has 6 nitrogen and oxygen atoms in total. The maximum absolute atomic E-state index is 11.3. The third kappa shape index (κ3) is 2.16. The van der Waals surface area contributed by atoms with Crippen molar-refractivity contribution in [3.05, 3.63) is 30.1 Å². The van der Waals surface area contributed by atoms with Crippen LogP contribution in [0.3, 0.4) is 0 Å². The first-order valence-corrected chi connectivity index (χ1v) is 5.93. The van der Waals surface area contributed by atoms with Gasteiger partial charge in [0.15, 0.2) is 5.65 Å². The van der Waals surface area contributed by atoms with Crippen LogP contribution >= 0.6 is 0 Å². The summed E-state index contributed by atoms with van der Waals surface area (Å²) in [6, 6.07) is 0. The molecule has 0 aromatic carbocycles. The van der Waals surface area contributed by atoms with Crippen molar-refractivity contribution in [3.8, 4) is 5.75 Å². The zero-order valence-corrected chi connectivity index (χ0v) is 10.9. The molecular weight excluding hydrogens is 246 g/mol. The summed E-state index contributed by atoms with van der Waals surface area (Å²) < 4.78 is 7.14. The summed E-state index contributed by atoms with van der Waals surface area (Å²) in [4.78, 5) is 15.6. The molecule has 0 radical (unpaired) electrons. The van der Waals surface area contributed by atoms with Crippen LogP contribution in [0.15, 0.2) is 18.9 Å². The molecule has 0 aliphatic heterocycles. The van der Waals surface area contributed by atoms with Gasteiger partial charge in [0.25, 0.3) is 0 Å². The number of aryl methyl sites for hydroxylation is 1. The molecule has 0 bridgehead atoms. The Bertz CT molecular complexity index is 646. The number of carboxylic acids is 1. The number of allylic oxidation sites excluding steroid dienone is 1. The van der Waals surface area contributed by atoms with E-state index >= 15 is 0 Å². The number of fused-ring (bicyclic) bond motifs is 1. The van der Waals surface area contributed by atoms with Gasteiger partial charge in [0, 0.05) is 0 Å². The lowest BCUT2D eigenvalue weighted by molar-refractivity contribution is 0.0691. The van der Waals surface area contributed by atoms with Crippen molar-refractivity contribution >= 4 is 17.0 Å². The van der Waals surface area contributed by atoms with Crippen LogP contribution in [-0.2, 0) is 6.54 Å². The summed E-state index contributed by atoms with van der Waals surface area (Å²) in [5.74, 6) is -0.723. The van der Waals surface area contributed by atoms with Crippen molar-refractivity contribution < 1.29 is 14.6 Å². The Labute approximate surface area is 110 Å². The van der Waals surface area contributed by atoms with Gasteiger partial charge in [0.1, 0.15) is 11.3 Å². The number of rotatable bonds is 5. The number of aromatic nitrogens is 3. The fraction of sp³-hybridized carbons (Fsp3) is 0.308. The Morgan fingerprint density at radius 3 is 2.95 bits per heavy atom. The average molecular weight is 261 g/mol. The molecule has 0 saturated heterocycles. The zero-order valence-electron chi connectivity index (χ0n) is 10.9. The largest absolute Gasteiger partial charge is 0.492 e. The highest BCUT2D eigenvalue weighted by Crippen LogP contribution is 2.30. The Morgan fingerprint density at radius 2 is 2.37 bits per heavy atom. The van der Waals surface area contributed by atoms with Crippen LogP contribution in [-0.4, -0.2) is 32.4 Å². The molecular formula is C13H15N3O3. The van der Waals surface area contributed by atoms with E-state index in [9.17, 15) is 9.90 Å². The third-order valence-electron chi connectivity index (χ3n) is 2.72. The van der Waals surface area contributed by atoms with Crippen molar-refractivity contribution in [3.63, 3.8) is 0 Å². The number of carboxylic acid groups (broad SMARTS) is 1. The van der Waals surface area contributed by atoms with Crippen molar-refractivity contribution in [1.29, 1.82) is 0 Å². The van der Waals surface area contributed by atoms with Crippen LogP contribution in [0.5, 0.6) is 5.75 Å². The fourth-order valence-corrected chi connectivity index (χ4v) is 1.97. The lowest BCUT2D eigenvalue weighted by Gasteiger charge is -2.11. The van der Waals surface area contributed by atoms with Gasteiger partial charge >= 0.3 is 5.97 Å². The van der Waals surface area contributed by atoms with Gasteiger partial charge in [-0.3, -0.25) is 0 Å². The van der Waals surface area contributed by atoms with Gasteiger partial charge in [-0.1, -0.05) is 6.08 Å². The molecule has 2 aromatic rings. The minimum Gasteiger partial charge on any atom is -0.492 e. The first kappa shape index (κ1) is 13.1. The molecule has 6 heteroatoms. The topological polar surface area (TPSA) is 77.2 Å². The predicted molar refractivity (Wildman–Crippen MR) is 70.6 cm³/mol. The van der Waals surface area contributed by atoms with Gasteiger partial charge in [-0.05, 0) is 13.8 Å². The molecule has 0 unspecified atom stereocenters. The van der Waals surface area contributed by atoms with Crippen LogP contribution in [0, 0.1) is 6.92 Å². The van der Waals surface area contributed by atoms with E-state index in [0.717, 1.165) is 0 Å². The van der Waals surface area contributed by atoms with E-state index in [1.807, 2.05) is 0 Å². The predicted octanol–water partition coefficient (Wildman–Crippen LogP) is 2.02. The lowest BCUT2D eigenvalue weighted by Crippen LogP contribution is -2.08. The molecule has 100 valence electrons. The number of carbonyl (C=O) groups is 1. The molecule has 0 atom stereocenters. The van der Waals surface area contributed by atoms with Gasteiger partial charge < -0.3 is 9.84 Å². The van der Waals surface area contributed by atoms with E-state index in [1.165, 1.54) is 0 Å². The Morgan fingerprint density at radius 1 is 1.63 bits per heavy atom. The quantitative estimate of drug-likeness (QED) is 0.833. The smallest absolute Gasteiger partial charge is 0.341 e. The van der Waals surface area contributed by atoms with Crippen LogP contribution in [0.4, 0.5) is 0 Å². The minimum atomic E-state index is -1.05. The second kappa shape index (κ2) is 5.09. The summed E-state index contributed by atoms with van der Waals surface area (Å²) in [5.41, 5.74) is 1.10. The monoisotopic (exact) mass is 261 g/mol. The number of ether oxygens (including phenoxy) is 1. The van der Waals surface area contributed by atoms with Gasteiger partial charge in [0.2, 0.25) is 0 Å². The molecule has 0 spiro atoms. The number of pyridine rings is 1. The second-order valence-electron chi connectivity index (χ2n) is 3.99. The SMILES string of the molecule is C=CCn1ncc2c(OCC)c(C(=O)O)c(C)nc21. The summed E-state index contributed by atoms with van der Waals surface area (Å²) in [5, 5.41) is 14.1. The fourth-order valence-electron chi connectivity index (χ4n) is 1.97. The third-order valence-corrected chi connectivity index (χ3v) is 2.72. The Kier molecular flexibility index (Phi) is 3.50. The second-order valence-corrected chi connectivity index (χ2v) is 3.99. The Balaban J connectivity index is 2.77. The summed E-state index contributed by atoms with van der Waals surface area (Å²) in [6.45, 7) is 8.00. The van der Waals surface area contributed by atoms with Gasteiger partial charge in [0.05, 0.1) is 30.4 Å². The highest BCUT2D eigenvalue weighted by Gasteiger charge is 2.21. The molecule has 19 heavy (non-hydrogen) atoms. The minimum absolute atomic E-state index is 0.0903. The summed E-state index contributed by atoms with van der Waals surface area (Å²) in [7, 11) is 0. The van der Waals surface area contributed by atoms with Crippen molar-refractivity contribution in [2.45, 2.75) is 20.4 Å². The van der Waals surface area contributed by atoms with E-state index in [1.54, 1.807) is 30.8 Å². The van der Waals surface area contributed by atoms with Crippen molar-refractivity contribution in [2.75, 3.05) is 6.61 Å². The van der Waals surface area contributed by atoms with E-state index in [0.29, 0.717) is 35.6 Å². The highest BCUT2D eigenvalue weighted by atomic mass is 16.5. The van der Waals surface area contributed by atoms with E-state index in [-0.39, 0.29) is 5.56 Å². The molecule has 1 N–H and O–H groups in total. The first-order valence-electron chi connectivity index (χ1n) is 5.93. The highest BCUT2D eigenvalue weighted by molar-refractivity contribution is 5.99. The van der Waals surface area contributed by atoms with E-state index in [4.69, 9.17) is 4.74 Å². The van der Waals surface area contributed by atoms with Gasteiger partial charge in [-0.15, -0.1) is 6.58 Å². The van der Waals surface area contributed by atoms with E-state index in [2.05, 4.69) is 16.7 Å². The summed E-state index contributed by atoms with van der Waals surface area (Å²) in [6.07, 6.45) is 3.28. The maximum Gasteiger partial charge on any atom is 0.341 e. The molecule has 2 aromatic heterocycles. The molecule has 0 fully saturated rings. The maximum atomic E-state index is 11.3. The molecule has 0 amide bonds. The van der Waals surface area contributed by atoms with Crippen LogP contribution in [0.2, 0.25) is 0 Å². The number of nitrogens with zero attached hydrogens (tertiary/aromatic N) is 3. The molecule has 0 aliphatic carbocycles. The standard InChI is InChI=1S/C13H15N3O3/c1-4-6-16-12-9(7-14-16)11(19-5-2)10(13(17)18)8(3)15-12/h4,7H,1,5-6H2,2-3H3,(H,17,18). The first-order chi connectivity index (χ1) is 9.10.